The highest BCUT2D eigenvalue weighted by Crippen LogP contribution is 2.10. The van der Waals surface area contributed by atoms with E-state index in [0.717, 1.165) is 0 Å². The Morgan fingerprint density at radius 2 is 2.27 bits per heavy atom. The number of nitrogen functional groups attached to an aromatic ring is 1. The van der Waals surface area contributed by atoms with Gasteiger partial charge in [-0.25, -0.2) is 0 Å². The molecule has 1 aromatic heterocycles. The van der Waals surface area contributed by atoms with Crippen molar-refractivity contribution in [3.63, 3.8) is 0 Å². The Kier molecular flexibility index (Phi) is 3.50. The van der Waals surface area contributed by atoms with Crippen molar-refractivity contribution in [2.24, 2.45) is 5.73 Å². The number of aromatic nitrogens is 1. The highest BCUT2D eigenvalue weighted by molar-refractivity contribution is 6.33. The van der Waals surface area contributed by atoms with Crippen molar-refractivity contribution < 1.29 is 0 Å². The van der Waals surface area contributed by atoms with E-state index in [2.05, 4.69) is 4.98 Å². The lowest BCUT2D eigenvalue weighted by Crippen LogP contribution is -2.13. The second kappa shape index (κ2) is 3.90. The van der Waals surface area contributed by atoms with Crippen LogP contribution < -0.4 is 11.9 Å². The first kappa shape index (κ1) is 9.87. The van der Waals surface area contributed by atoms with Crippen LogP contribution in [-0.4, -0.2) is 10.8 Å². The average Bonchev–Trinajstić information content (AvgIpc) is 1.88. The zero-order valence-corrected chi connectivity index (χ0v) is 6.60. The third-order valence-corrected chi connectivity index (χ3v) is 1.32. The summed E-state index contributed by atoms with van der Waals surface area (Å²) in [6, 6.07) is 3.33. The summed E-state index contributed by atoms with van der Waals surface area (Å²) in [5.74, 6) is -0.106. The Morgan fingerprint density at radius 1 is 1.64 bits per heavy atom. The van der Waals surface area contributed by atoms with Gasteiger partial charge in [0.2, 0.25) is 0 Å². The summed E-state index contributed by atoms with van der Waals surface area (Å²) < 4.78 is 0. The molecule has 60 valence electrons. The van der Waals surface area contributed by atoms with Gasteiger partial charge in [0.05, 0.1) is 5.02 Å². The number of hydrogen-bond acceptors (Lipinski definition) is 3. The summed E-state index contributed by atoms with van der Waals surface area (Å²) in [6.07, 6.45) is 1.54. The largest absolute Gasteiger partial charge is 0.382 e. The third kappa shape index (κ3) is 2.18. The number of nitrogens with zero attached hydrogens (tertiary/aromatic N) is 1. The Labute approximate surface area is 69.5 Å². The molecule has 1 heterocycles. The second-order valence-electron chi connectivity index (χ2n) is 1.75. The summed E-state index contributed by atoms with van der Waals surface area (Å²) in [4.78, 5) is 3.80. The topological polar surface area (TPSA) is 97.8 Å². The summed E-state index contributed by atoms with van der Waals surface area (Å²) in [6.45, 7) is 0. The van der Waals surface area contributed by atoms with Gasteiger partial charge in [-0.3, -0.25) is 10.4 Å². The molecule has 0 aliphatic carbocycles. The minimum Gasteiger partial charge on any atom is -0.382 e. The van der Waals surface area contributed by atoms with Gasteiger partial charge in [0.25, 0.3) is 0 Å². The summed E-state index contributed by atoms with van der Waals surface area (Å²) in [5.41, 5.74) is 5.49. The molecule has 0 saturated heterocycles. The Balaban J connectivity index is 0.000001000. The molecule has 0 radical (unpaired) electrons. The minimum absolute atomic E-state index is 0. The molecule has 0 bridgehead atoms. The fourth-order valence-electron chi connectivity index (χ4n) is 0.584. The van der Waals surface area contributed by atoms with Crippen LogP contribution in [0.1, 0.15) is 5.69 Å². The number of halogens is 1. The molecule has 5 heteroatoms. The lowest BCUT2D eigenvalue weighted by molar-refractivity contribution is 1.26. The highest BCUT2D eigenvalue weighted by atomic mass is 35.5. The van der Waals surface area contributed by atoms with Gasteiger partial charge < -0.3 is 11.9 Å². The molecule has 0 atom stereocenters. The first-order chi connectivity index (χ1) is 4.72. The number of nitrogens with two attached hydrogens (primary N) is 1. The Morgan fingerprint density at radius 3 is 2.64 bits per heavy atom. The number of hydrogen-bond donors (Lipinski definition) is 3. The van der Waals surface area contributed by atoms with Gasteiger partial charge in [0.15, 0.2) is 0 Å². The zero-order chi connectivity index (χ0) is 7.56. The smallest absolute Gasteiger partial charge is 0.143 e. The van der Waals surface area contributed by atoms with E-state index in [1.54, 1.807) is 18.3 Å². The first-order valence-corrected chi connectivity index (χ1v) is 3.04. The number of amidine groups is 1. The quantitative estimate of drug-likeness (QED) is 0.438. The molecule has 0 saturated carbocycles. The van der Waals surface area contributed by atoms with E-state index in [0.29, 0.717) is 10.7 Å². The Bertz CT molecular complexity index is 261. The molecule has 0 spiro atoms. The van der Waals surface area contributed by atoms with Gasteiger partial charge in [0.1, 0.15) is 11.5 Å². The predicted octanol–water partition coefficient (Wildman–Crippen LogP) is 1.18. The number of rotatable bonds is 1. The van der Waals surface area contributed by atoms with E-state index in [-0.39, 0.29) is 12.0 Å². The van der Waals surface area contributed by atoms with Gasteiger partial charge in [0, 0.05) is 6.20 Å². The maximum Gasteiger partial charge on any atom is 0.143 e. The molecule has 0 unspecified atom stereocenters. The first-order valence-electron chi connectivity index (χ1n) is 2.66. The molecule has 11 heavy (non-hydrogen) atoms. The van der Waals surface area contributed by atoms with Gasteiger partial charge >= 0.3 is 0 Å². The lowest BCUT2D eigenvalue weighted by atomic mass is 10.3. The molecule has 0 aromatic carbocycles. The summed E-state index contributed by atoms with van der Waals surface area (Å²) in [7, 11) is 0. The van der Waals surface area contributed by atoms with Gasteiger partial charge in [-0.1, -0.05) is 11.6 Å². The molecular weight excluding hydrogens is 164 g/mol. The predicted molar refractivity (Wildman–Crippen MR) is 45.3 cm³/mol. The molecule has 0 aliphatic heterocycles. The van der Waals surface area contributed by atoms with E-state index in [4.69, 9.17) is 22.7 Å². The van der Waals surface area contributed by atoms with Gasteiger partial charge in [-0.05, 0) is 12.1 Å². The van der Waals surface area contributed by atoms with Crippen molar-refractivity contribution in [1.82, 2.24) is 11.1 Å². The van der Waals surface area contributed by atoms with Crippen LogP contribution in [0.3, 0.4) is 0 Å². The average molecular weight is 173 g/mol. The minimum atomic E-state index is -0.106. The van der Waals surface area contributed by atoms with Crippen LogP contribution in [0, 0.1) is 5.41 Å². The standard InChI is InChI=1S/C6H6ClN3.H3N/c7-4-2-1-3-10-5(4)6(8)9;/h1-3H,(H3,8,9);1H3. The van der Waals surface area contributed by atoms with Crippen molar-refractivity contribution in [1.29, 1.82) is 5.41 Å². The van der Waals surface area contributed by atoms with Crippen molar-refractivity contribution in [2.45, 2.75) is 0 Å². The van der Waals surface area contributed by atoms with E-state index in [1.165, 1.54) is 0 Å². The van der Waals surface area contributed by atoms with Crippen LogP contribution >= 0.6 is 11.6 Å². The molecule has 1 rings (SSSR count). The highest BCUT2D eigenvalue weighted by Gasteiger charge is 2.01. The van der Waals surface area contributed by atoms with Crippen LogP contribution in [0.5, 0.6) is 0 Å². The maximum absolute atomic E-state index is 7.01. The molecule has 0 aliphatic rings. The zero-order valence-electron chi connectivity index (χ0n) is 5.84. The van der Waals surface area contributed by atoms with Crippen LogP contribution in [0.15, 0.2) is 18.3 Å². The molecular formula is C6H9ClN4. The molecule has 0 fully saturated rings. The molecule has 6 N–H and O–H groups in total. The Hall–Kier alpha value is -1.13. The van der Waals surface area contributed by atoms with E-state index >= 15 is 0 Å². The van der Waals surface area contributed by atoms with Gasteiger partial charge in [-0.15, -0.1) is 0 Å². The van der Waals surface area contributed by atoms with Crippen LogP contribution in [0.4, 0.5) is 0 Å². The van der Waals surface area contributed by atoms with Crippen LogP contribution in [0.25, 0.3) is 0 Å². The molecule has 1 aromatic rings. The van der Waals surface area contributed by atoms with Crippen molar-refractivity contribution in [3.8, 4) is 0 Å². The second-order valence-corrected chi connectivity index (χ2v) is 2.15. The van der Waals surface area contributed by atoms with Crippen LogP contribution in [-0.2, 0) is 0 Å². The normalized spacial score (nSPS) is 8.45. The van der Waals surface area contributed by atoms with Crippen molar-refractivity contribution in [2.75, 3.05) is 0 Å². The number of pyridine rings is 1. The van der Waals surface area contributed by atoms with Crippen molar-refractivity contribution in [3.05, 3.63) is 29.0 Å². The van der Waals surface area contributed by atoms with Gasteiger partial charge in [-0.2, -0.15) is 0 Å². The fourth-order valence-corrected chi connectivity index (χ4v) is 0.807. The summed E-state index contributed by atoms with van der Waals surface area (Å²) >= 11 is 5.64. The third-order valence-electron chi connectivity index (χ3n) is 1.01. The number of nitrogens with one attached hydrogen (secondary N) is 1. The summed E-state index contributed by atoms with van der Waals surface area (Å²) in [5, 5.41) is 7.42. The monoisotopic (exact) mass is 172 g/mol. The molecule has 0 amide bonds. The van der Waals surface area contributed by atoms with Crippen LogP contribution in [0.2, 0.25) is 5.02 Å². The van der Waals surface area contributed by atoms with E-state index in [9.17, 15) is 0 Å². The lowest BCUT2D eigenvalue weighted by Gasteiger charge is -1.96. The SMILES string of the molecule is N.N=C(N)c1ncccc1Cl. The molecule has 4 nitrogen and oxygen atoms in total. The van der Waals surface area contributed by atoms with E-state index < -0.39 is 0 Å². The van der Waals surface area contributed by atoms with E-state index in [1.807, 2.05) is 0 Å². The fraction of sp³-hybridized carbons (Fsp3) is 0. The van der Waals surface area contributed by atoms with Crippen molar-refractivity contribution >= 4 is 17.4 Å². The maximum atomic E-state index is 7.01.